The van der Waals surface area contributed by atoms with Gasteiger partial charge < -0.3 is 14.8 Å². The number of benzene rings is 2. The zero-order valence-corrected chi connectivity index (χ0v) is 13.7. The highest BCUT2D eigenvalue weighted by Gasteiger charge is 2.22. The van der Waals surface area contributed by atoms with Crippen molar-refractivity contribution in [1.29, 1.82) is 0 Å². The summed E-state index contributed by atoms with van der Waals surface area (Å²) in [5.74, 6) is -0.302. The Bertz CT molecular complexity index is 584. The molecule has 1 fully saturated rings. The molecule has 4 nitrogen and oxygen atoms in total. The van der Waals surface area contributed by atoms with Crippen LogP contribution in [0.4, 0.5) is 0 Å². The van der Waals surface area contributed by atoms with E-state index in [4.69, 9.17) is 9.47 Å². The Hall–Kier alpha value is -2.17. The first-order chi connectivity index (χ1) is 11.8. The molecule has 0 saturated carbocycles. The van der Waals surface area contributed by atoms with Crippen molar-refractivity contribution in [3.63, 3.8) is 0 Å². The van der Waals surface area contributed by atoms with Gasteiger partial charge in [-0.05, 0) is 17.5 Å². The van der Waals surface area contributed by atoms with E-state index in [0.717, 1.165) is 30.8 Å². The van der Waals surface area contributed by atoms with Gasteiger partial charge in [-0.25, -0.2) is 0 Å². The molecule has 1 aliphatic rings. The summed E-state index contributed by atoms with van der Waals surface area (Å²) in [5.41, 5.74) is 1.98. The van der Waals surface area contributed by atoms with Crippen LogP contribution < -0.4 is 5.32 Å². The lowest BCUT2D eigenvalue weighted by molar-refractivity contribution is -0.180. The molecular weight excluding hydrogens is 302 g/mol. The molecule has 0 spiro atoms. The molecule has 0 atom stereocenters. The number of hydrogen-bond acceptors (Lipinski definition) is 3. The minimum Gasteiger partial charge on any atom is -0.355 e. The Kier molecular flexibility index (Phi) is 5.99. The van der Waals surface area contributed by atoms with Gasteiger partial charge in [-0.2, -0.15) is 0 Å². The first-order valence-corrected chi connectivity index (χ1v) is 8.45. The minimum absolute atomic E-state index is 0.00297. The molecule has 0 aliphatic carbocycles. The van der Waals surface area contributed by atoms with Gasteiger partial charge >= 0.3 is 0 Å². The second-order valence-corrected chi connectivity index (χ2v) is 5.86. The van der Waals surface area contributed by atoms with Crippen LogP contribution in [0.1, 0.15) is 29.9 Å². The molecular formula is C20H23NO3. The number of hydrogen-bond donors (Lipinski definition) is 1. The van der Waals surface area contributed by atoms with Crippen LogP contribution in [0.25, 0.3) is 0 Å². The Morgan fingerprint density at radius 2 is 1.50 bits per heavy atom. The van der Waals surface area contributed by atoms with Crippen LogP contribution in [0, 0.1) is 0 Å². The van der Waals surface area contributed by atoms with E-state index in [0.29, 0.717) is 13.0 Å². The highest BCUT2D eigenvalue weighted by atomic mass is 16.7. The summed E-state index contributed by atoms with van der Waals surface area (Å²) in [7, 11) is 0. The van der Waals surface area contributed by atoms with Crippen LogP contribution in [-0.2, 0) is 14.3 Å². The third kappa shape index (κ3) is 4.43. The number of ether oxygens (including phenoxy) is 2. The van der Waals surface area contributed by atoms with Gasteiger partial charge in [0.15, 0.2) is 6.29 Å². The Balaban J connectivity index is 1.65. The maximum atomic E-state index is 12.8. The van der Waals surface area contributed by atoms with E-state index in [1.165, 1.54) is 0 Å². The van der Waals surface area contributed by atoms with Gasteiger partial charge in [0.2, 0.25) is 5.91 Å². The van der Waals surface area contributed by atoms with Crippen molar-refractivity contribution in [1.82, 2.24) is 5.32 Å². The highest BCUT2D eigenvalue weighted by molar-refractivity contribution is 5.87. The Morgan fingerprint density at radius 3 is 2.04 bits per heavy atom. The first kappa shape index (κ1) is 16.7. The molecule has 24 heavy (non-hydrogen) atoms. The number of rotatable bonds is 6. The number of nitrogens with one attached hydrogen (secondary N) is 1. The van der Waals surface area contributed by atoms with Gasteiger partial charge in [-0.3, -0.25) is 4.79 Å². The van der Waals surface area contributed by atoms with Gasteiger partial charge in [0.05, 0.1) is 19.1 Å². The molecule has 0 bridgehead atoms. The smallest absolute Gasteiger partial charge is 0.232 e. The molecule has 2 aromatic carbocycles. The average Bonchev–Trinajstić information content (AvgIpc) is 2.65. The summed E-state index contributed by atoms with van der Waals surface area (Å²) < 4.78 is 11.0. The number of carbonyl (C=O) groups excluding carboxylic acids is 1. The third-order valence-corrected chi connectivity index (χ3v) is 4.10. The van der Waals surface area contributed by atoms with E-state index in [-0.39, 0.29) is 18.1 Å². The molecule has 1 amide bonds. The monoisotopic (exact) mass is 325 g/mol. The molecule has 0 unspecified atom stereocenters. The van der Waals surface area contributed by atoms with Crippen molar-refractivity contribution >= 4 is 5.91 Å². The van der Waals surface area contributed by atoms with E-state index < -0.39 is 0 Å². The lowest BCUT2D eigenvalue weighted by Crippen LogP contribution is -2.34. The van der Waals surface area contributed by atoms with Crippen LogP contribution in [-0.4, -0.2) is 32.0 Å². The highest BCUT2D eigenvalue weighted by Crippen LogP contribution is 2.24. The quantitative estimate of drug-likeness (QED) is 0.888. The number of carbonyl (C=O) groups is 1. The fourth-order valence-corrected chi connectivity index (χ4v) is 2.90. The lowest BCUT2D eigenvalue weighted by atomic mass is 9.90. The zero-order valence-electron chi connectivity index (χ0n) is 13.7. The van der Waals surface area contributed by atoms with Gasteiger partial charge in [0, 0.05) is 13.0 Å². The molecule has 4 heteroatoms. The van der Waals surface area contributed by atoms with E-state index in [1.54, 1.807) is 0 Å². The molecule has 1 saturated heterocycles. The summed E-state index contributed by atoms with van der Waals surface area (Å²) in [6.45, 7) is 2.00. The zero-order chi connectivity index (χ0) is 16.6. The Labute approximate surface area is 142 Å². The van der Waals surface area contributed by atoms with Crippen molar-refractivity contribution in [2.75, 3.05) is 19.8 Å². The summed E-state index contributed by atoms with van der Waals surface area (Å²) in [5, 5.41) is 3.03. The van der Waals surface area contributed by atoms with Gasteiger partial charge in [0.1, 0.15) is 0 Å². The van der Waals surface area contributed by atoms with E-state index in [1.807, 2.05) is 60.7 Å². The molecule has 3 rings (SSSR count). The van der Waals surface area contributed by atoms with E-state index in [9.17, 15) is 4.79 Å². The van der Waals surface area contributed by atoms with E-state index in [2.05, 4.69) is 5.32 Å². The second-order valence-electron chi connectivity index (χ2n) is 5.86. The van der Waals surface area contributed by atoms with Crippen LogP contribution >= 0.6 is 0 Å². The Morgan fingerprint density at radius 1 is 0.958 bits per heavy atom. The van der Waals surface area contributed by atoms with Crippen LogP contribution in [0.3, 0.4) is 0 Å². The largest absolute Gasteiger partial charge is 0.355 e. The fourth-order valence-electron chi connectivity index (χ4n) is 2.90. The maximum absolute atomic E-state index is 12.8. The first-order valence-electron chi connectivity index (χ1n) is 8.45. The number of amides is 1. The summed E-state index contributed by atoms with van der Waals surface area (Å²) in [6, 6.07) is 19.7. The molecule has 0 radical (unpaired) electrons. The summed E-state index contributed by atoms with van der Waals surface area (Å²) in [6.07, 6.45) is 1.40. The summed E-state index contributed by atoms with van der Waals surface area (Å²) >= 11 is 0. The standard InChI is InChI=1S/C20H23NO3/c22-20(21-13-12-18-23-14-7-15-24-18)19(16-8-3-1-4-9-16)17-10-5-2-6-11-17/h1-6,8-11,18-19H,7,12-15H2,(H,21,22). The van der Waals surface area contributed by atoms with Crippen molar-refractivity contribution in [3.05, 3.63) is 71.8 Å². The predicted molar refractivity (Wildman–Crippen MR) is 92.7 cm³/mol. The van der Waals surface area contributed by atoms with Crippen LogP contribution in [0.5, 0.6) is 0 Å². The molecule has 1 N–H and O–H groups in total. The van der Waals surface area contributed by atoms with E-state index >= 15 is 0 Å². The average molecular weight is 325 g/mol. The second kappa shape index (κ2) is 8.62. The van der Waals surface area contributed by atoms with Crippen molar-refractivity contribution in [3.8, 4) is 0 Å². The maximum Gasteiger partial charge on any atom is 0.232 e. The van der Waals surface area contributed by atoms with Crippen molar-refractivity contribution in [2.24, 2.45) is 0 Å². The third-order valence-electron chi connectivity index (χ3n) is 4.10. The lowest BCUT2D eigenvalue weighted by Gasteiger charge is -2.24. The van der Waals surface area contributed by atoms with Gasteiger partial charge in [-0.1, -0.05) is 60.7 Å². The predicted octanol–water partition coefficient (Wildman–Crippen LogP) is 3.09. The molecule has 1 heterocycles. The van der Waals surface area contributed by atoms with Crippen molar-refractivity contribution in [2.45, 2.75) is 25.0 Å². The van der Waals surface area contributed by atoms with Crippen LogP contribution in [0.2, 0.25) is 0 Å². The molecule has 0 aromatic heterocycles. The van der Waals surface area contributed by atoms with Gasteiger partial charge in [0.25, 0.3) is 0 Å². The SMILES string of the molecule is O=C(NCCC1OCCCO1)C(c1ccccc1)c1ccccc1. The van der Waals surface area contributed by atoms with Crippen LogP contribution in [0.15, 0.2) is 60.7 Å². The minimum atomic E-state index is -0.305. The van der Waals surface area contributed by atoms with Crippen molar-refractivity contribution < 1.29 is 14.3 Å². The van der Waals surface area contributed by atoms with Gasteiger partial charge in [-0.15, -0.1) is 0 Å². The molecule has 2 aromatic rings. The normalized spacial score (nSPS) is 15.4. The molecule has 126 valence electrons. The molecule has 1 aliphatic heterocycles. The fraction of sp³-hybridized carbons (Fsp3) is 0.350. The summed E-state index contributed by atoms with van der Waals surface area (Å²) in [4.78, 5) is 12.8. The topological polar surface area (TPSA) is 47.6 Å².